The maximum absolute atomic E-state index is 13.9. The molecule has 0 spiro atoms. The van der Waals surface area contributed by atoms with Crippen molar-refractivity contribution in [2.75, 3.05) is 0 Å². The normalized spacial score (nSPS) is 12.6. The number of halogens is 1. The molecule has 3 rings (SSSR count). The molecule has 0 saturated carbocycles. The van der Waals surface area contributed by atoms with Crippen molar-refractivity contribution in [3.63, 3.8) is 0 Å². The van der Waals surface area contributed by atoms with Crippen molar-refractivity contribution in [1.29, 1.82) is 0 Å². The summed E-state index contributed by atoms with van der Waals surface area (Å²) >= 11 is 0. The fourth-order valence-electron chi connectivity index (χ4n) is 2.47. The number of aryl methyl sites for hydroxylation is 1. The van der Waals surface area contributed by atoms with Gasteiger partial charge in [-0.05, 0) is 31.4 Å². The minimum absolute atomic E-state index is 0.258. The van der Waals surface area contributed by atoms with E-state index in [0.717, 1.165) is 16.6 Å². The molecule has 1 heterocycles. The van der Waals surface area contributed by atoms with Gasteiger partial charge in [-0.15, -0.1) is 0 Å². The molecule has 0 bridgehead atoms. The molecule has 0 amide bonds. The van der Waals surface area contributed by atoms with Crippen LogP contribution in [0.4, 0.5) is 4.39 Å². The molecule has 1 aromatic heterocycles. The van der Waals surface area contributed by atoms with Crippen molar-refractivity contribution in [1.82, 2.24) is 9.97 Å². The summed E-state index contributed by atoms with van der Waals surface area (Å²) in [6.45, 7) is 3.51. The van der Waals surface area contributed by atoms with Gasteiger partial charge >= 0.3 is 0 Å². The van der Waals surface area contributed by atoms with E-state index in [0.29, 0.717) is 16.8 Å². The Morgan fingerprint density at radius 3 is 2.48 bits per heavy atom. The zero-order valence-electron chi connectivity index (χ0n) is 11.8. The van der Waals surface area contributed by atoms with Crippen LogP contribution >= 0.6 is 0 Å². The highest BCUT2D eigenvalue weighted by molar-refractivity contribution is 5.95. The van der Waals surface area contributed by atoms with Gasteiger partial charge in [-0.1, -0.05) is 24.3 Å². The third kappa shape index (κ3) is 2.38. The molecule has 21 heavy (non-hydrogen) atoms. The van der Waals surface area contributed by atoms with Gasteiger partial charge in [-0.2, -0.15) is 0 Å². The lowest BCUT2D eigenvalue weighted by Gasteiger charge is -2.11. The number of fused-ring (bicyclic) bond motifs is 1. The van der Waals surface area contributed by atoms with Crippen LogP contribution in [0.15, 0.2) is 42.6 Å². The van der Waals surface area contributed by atoms with E-state index in [2.05, 4.69) is 9.97 Å². The predicted molar refractivity (Wildman–Crippen MR) is 80.3 cm³/mol. The first-order valence-electron chi connectivity index (χ1n) is 6.77. The smallest absolute Gasteiger partial charge is 0.160 e. The average Bonchev–Trinajstić information content (AvgIpc) is 2.47. The number of nitrogens with zero attached hydrogens (tertiary/aromatic N) is 2. The largest absolute Gasteiger partial charge is 0.389 e. The number of aliphatic hydroxyl groups is 1. The van der Waals surface area contributed by atoms with Gasteiger partial charge < -0.3 is 5.11 Å². The van der Waals surface area contributed by atoms with Crippen LogP contribution in [0.1, 0.15) is 24.3 Å². The van der Waals surface area contributed by atoms with Crippen molar-refractivity contribution in [2.45, 2.75) is 20.0 Å². The Kier molecular flexibility index (Phi) is 3.39. The van der Waals surface area contributed by atoms with Crippen molar-refractivity contribution >= 4 is 10.8 Å². The van der Waals surface area contributed by atoms with Crippen LogP contribution in [-0.4, -0.2) is 15.1 Å². The summed E-state index contributed by atoms with van der Waals surface area (Å²) in [5, 5.41) is 11.0. The fraction of sp³-hybridized carbons (Fsp3) is 0.176. The predicted octanol–water partition coefficient (Wildman–Crippen LogP) is 3.80. The molecule has 0 saturated heterocycles. The summed E-state index contributed by atoms with van der Waals surface area (Å²) in [4.78, 5) is 8.77. The molecule has 0 unspecified atom stereocenters. The molecule has 0 aliphatic heterocycles. The molecule has 2 aromatic carbocycles. The molecule has 1 atom stereocenters. The molecule has 0 aliphatic carbocycles. The second-order valence-corrected chi connectivity index (χ2v) is 5.05. The number of aromatic nitrogens is 2. The number of aliphatic hydroxyl groups excluding tert-OH is 1. The van der Waals surface area contributed by atoms with Crippen molar-refractivity contribution in [2.24, 2.45) is 0 Å². The molecule has 0 fully saturated rings. The summed E-state index contributed by atoms with van der Waals surface area (Å²) in [7, 11) is 0. The Hall–Kier alpha value is -2.33. The van der Waals surface area contributed by atoms with Crippen LogP contribution in [0.25, 0.3) is 22.2 Å². The molecule has 3 nitrogen and oxygen atoms in total. The zero-order chi connectivity index (χ0) is 15.0. The van der Waals surface area contributed by atoms with E-state index in [-0.39, 0.29) is 5.82 Å². The standard InChI is InChI=1S/C17H15FN2O/c1-10-15(11(2)21)9-19-17(20-10)14-7-8-16(18)13-6-4-3-5-12(13)14/h3-9,11,21H,1-2H3/t11-/m0/s1. The van der Waals surface area contributed by atoms with Gasteiger partial charge in [-0.3, -0.25) is 0 Å². The summed E-state index contributed by atoms with van der Waals surface area (Å²) in [6.07, 6.45) is 1.02. The van der Waals surface area contributed by atoms with Gasteiger partial charge in [0.15, 0.2) is 5.82 Å². The van der Waals surface area contributed by atoms with Crippen LogP contribution < -0.4 is 0 Å². The second-order valence-electron chi connectivity index (χ2n) is 5.05. The monoisotopic (exact) mass is 282 g/mol. The molecular formula is C17H15FN2O. The lowest BCUT2D eigenvalue weighted by Crippen LogP contribution is -2.01. The van der Waals surface area contributed by atoms with Gasteiger partial charge in [0.05, 0.1) is 6.10 Å². The maximum atomic E-state index is 13.9. The fourth-order valence-corrected chi connectivity index (χ4v) is 2.47. The van der Waals surface area contributed by atoms with E-state index in [1.54, 1.807) is 31.3 Å². The van der Waals surface area contributed by atoms with Gasteiger partial charge in [0.25, 0.3) is 0 Å². The highest BCUT2D eigenvalue weighted by Gasteiger charge is 2.12. The first kappa shape index (κ1) is 13.6. The number of benzene rings is 2. The van der Waals surface area contributed by atoms with Crippen LogP contribution in [0.2, 0.25) is 0 Å². The zero-order valence-corrected chi connectivity index (χ0v) is 11.8. The third-order valence-corrected chi connectivity index (χ3v) is 3.58. The summed E-state index contributed by atoms with van der Waals surface area (Å²) in [6, 6.07) is 10.4. The second kappa shape index (κ2) is 5.22. The average molecular weight is 282 g/mol. The van der Waals surface area contributed by atoms with Crippen molar-refractivity contribution in [3.8, 4) is 11.4 Å². The lowest BCUT2D eigenvalue weighted by molar-refractivity contribution is 0.197. The minimum atomic E-state index is -0.607. The van der Waals surface area contributed by atoms with E-state index in [9.17, 15) is 9.50 Å². The maximum Gasteiger partial charge on any atom is 0.160 e. The Labute approximate surface area is 122 Å². The van der Waals surface area contributed by atoms with E-state index < -0.39 is 6.10 Å². The first-order valence-corrected chi connectivity index (χ1v) is 6.77. The van der Waals surface area contributed by atoms with E-state index in [1.807, 2.05) is 19.1 Å². The lowest BCUT2D eigenvalue weighted by atomic mass is 10.0. The highest BCUT2D eigenvalue weighted by atomic mass is 19.1. The van der Waals surface area contributed by atoms with Crippen molar-refractivity contribution < 1.29 is 9.50 Å². The van der Waals surface area contributed by atoms with Crippen LogP contribution in [0.3, 0.4) is 0 Å². The first-order chi connectivity index (χ1) is 10.1. The Balaban J connectivity index is 2.22. The van der Waals surface area contributed by atoms with Gasteiger partial charge in [0.1, 0.15) is 5.82 Å². The molecule has 1 N–H and O–H groups in total. The molecule has 3 aromatic rings. The van der Waals surface area contributed by atoms with Crippen LogP contribution in [0, 0.1) is 12.7 Å². The number of hydrogen-bond donors (Lipinski definition) is 1. The van der Waals surface area contributed by atoms with Crippen molar-refractivity contribution in [3.05, 3.63) is 59.7 Å². The van der Waals surface area contributed by atoms with E-state index >= 15 is 0 Å². The molecule has 0 radical (unpaired) electrons. The Morgan fingerprint density at radius 2 is 1.81 bits per heavy atom. The third-order valence-electron chi connectivity index (χ3n) is 3.58. The van der Waals surface area contributed by atoms with Gasteiger partial charge in [-0.25, -0.2) is 14.4 Å². The van der Waals surface area contributed by atoms with Crippen LogP contribution in [0.5, 0.6) is 0 Å². The highest BCUT2D eigenvalue weighted by Crippen LogP contribution is 2.29. The van der Waals surface area contributed by atoms with Crippen LogP contribution in [-0.2, 0) is 0 Å². The Bertz CT molecular complexity index is 815. The summed E-state index contributed by atoms with van der Waals surface area (Å²) in [5.41, 5.74) is 2.21. The summed E-state index contributed by atoms with van der Waals surface area (Å²) in [5.74, 6) is 0.278. The molecular weight excluding hydrogens is 267 g/mol. The van der Waals surface area contributed by atoms with E-state index in [4.69, 9.17) is 0 Å². The molecule has 0 aliphatic rings. The van der Waals surface area contributed by atoms with Gasteiger partial charge in [0.2, 0.25) is 0 Å². The van der Waals surface area contributed by atoms with E-state index in [1.165, 1.54) is 6.07 Å². The molecule has 4 heteroatoms. The number of rotatable bonds is 2. The number of hydrogen-bond acceptors (Lipinski definition) is 3. The SMILES string of the molecule is Cc1nc(-c2ccc(F)c3ccccc23)ncc1[C@H](C)O. The Morgan fingerprint density at radius 1 is 1.10 bits per heavy atom. The molecule has 106 valence electrons. The summed E-state index contributed by atoms with van der Waals surface area (Å²) < 4.78 is 13.9. The minimum Gasteiger partial charge on any atom is -0.389 e. The quantitative estimate of drug-likeness (QED) is 0.777. The topological polar surface area (TPSA) is 46.0 Å². The van der Waals surface area contributed by atoms with Gasteiger partial charge in [0, 0.05) is 28.4 Å².